The number of hydrogen-bond acceptors (Lipinski definition) is 6. The Morgan fingerprint density at radius 1 is 1.12 bits per heavy atom. The summed E-state index contributed by atoms with van der Waals surface area (Å²) < 4.78 is 38.3. The highest BCUT2D eigenvalue weighted by Crippen LogP contribution is 2.30. The number of hydrogen-bond donors (Lipinski definition) is 1. The van der Waals surface area contributed by atoms with Crippen molar-refractivity contribution in [3.63, 3.8) is 0 Å². The van der Waals surface area contributed by atoms with Gasteiger partial charge in [-0.15, -0.1) is 0 Å². The SMILES string of the molecule is O=C(c1cccc(C(F)(F)F)c1)c1cnc(NCc2ncccn2)s1. The van der Waals surface area contributed by atoms with E-state index in [4.69, 9.17) is 0 Å². The molecule has 9 heteroatoms. The van der Waals surface area contributed by atoms with Crippen molar-refractivity contribution in [2.24, 2.45) is 0 Å². The Morgan fingerprint density at radius 2 is 1.88 bits per heavy atom. The van der Waals surface area contributed by atoms with Crippen LogP contribution in [0.2, 0.25) is 0 Å². The van der Waals surface area contributed by atoms with Crippen LogP contribution in [0.5, 0.6) is 0 Å². The maximum Gasteiger partial charge on any atom is 0.416 e. The number of rotatable bonds is 5. The first kappa shape index (κ1) is 17.0. The van der Waals surface area contributed by atoms with Crippen molar-refractivity contribution >= 4 is 22.3 Å². The monoisotopic (exact) mass is 364 g/mol. The van der Waals surface area contributed by atoms with E-state index in [2.05, 4.69) is 20.3 Å². The molecule has 1 aromatic carbocycles. The fourth-order valence-electron chi connectivity index (χ4n) is 2.02. The molecule has 3 rings (SSSR count). The van der Waals surface area contributed by atoms with E-state index in [1.807, 2.05) is 0 Å². The Labute approximate surface area is 144 Å². The summed E-state index contributed by atoms with van der Waals surface area (Å²) in [5.74, 6) is 0.0519. The summed E-state index contributed by atoms with van der Waals surface area (Å²) in [6, 6.07) is 6.02. The highest BCUT2D eigenvalue weighted by molar-refractivity contribution is 7.17. The lowest BCUT2D eigenvalue weighted by Crippen LogP contribution is -2.07. The molecule has 3 aromatic rings. The Kier molecular flexibility index (Phi) is 4.75. The largest absolute Gasteiger partial charge is 0.416 e. The maximum absolute atomic E-state index is 12.8. The lowest BCUT2D eigenvalue weighted by molar-refractivity contribution is -0.137. The second-order valence-electron chi connectivity index (χ2n) is 4.96. The molecule has 1 N–H and O–H groups in total. The van der Waals surface area contributed by atoms with Gasteiger partial charge in [0.1, 0.15) is 5.82 Å². The molecule has 0 aliphatic rings. The van der Waals surface area contributed by atoms with Crippen molar-refractivity contribution in [3.8, 4) is 0 Å². The molecule has 0 saturated carbocycles. The molecule has 0 atom stereocenters. The number of nitrogens with one attached hydrogen (secondary N) is 1. The number of benzene rings is 1. The molecule has 128 valence electrons. The second kappa shape index (κ2) is 6.98. The third-order valence-electron chi connectivity index (χ3n) is 3.20. The summed E-state index contributed by atoms with van der Waals surface area (Å²) in [7, 11) is 0. The van der Waals surface area contributed by atoms with Gasteiger partial charge in [-0.2, -0.15) is 13.2 Å². The minimum atomic E-state index is -4.49. The first-order valence-electron chi connectivity index (χ1n) is 7.11. The van der Waals surface area contributed by atoms with Gasteiger partial charge in [-0.1, -0.05) is 23.5 Å². The zero-order chi connectivity index (χ0) is 17.9. The van der Waals surface area contributed by atoms with E-state index < -0.39 is 17.5 Å². The lowest BCUT2D eigenvalue weighted by atomic mass is 10.1. The van der Waals surface area contributed by atoms with Crippen molar-refractivity contribution in [2.75, 3.05) is 5.32 Å². The lowest BCUT2D eigenvalue weighted by Gasteiger charge is -2.07. The number of ketones is 1. The topological polar surface area (TPSA) is 67.8 Å². The molecule has 0 radical (unpaired) electrons. The Balaban J connectivity index is 1.72. The van der Waals surface area contributed by atoms with Gasteiger partial charge in [0, 0.05) is 18.0 Å². The first-order chi connectivity index (χ1) is 11.9. The molecule has 0 spiro atoms. The quantitative estimate of drug-likeness (QED) is 0.698. The molecular formula is C16H11F3N4OS. The minimum Gasteiger partial charge on any atom is -0.354 e. The van der Waals surface area contributed by atoms with Gasteiger partial charge >= 0.3 is 6.18 Å². The molecule has 25 heavy (non-hydrogen) atoms. The highest BCUT2D eigenvalue weighted by Gasteiger charge is 2.31. The van der Waals surface area contributed by atoms with E-state index in [1.54, 1.807) is 18.5 Å². The van der Waals surface area contributed by atoms with E-state index in [1.165, 1.54) is 18.3 Å². The van der Waals surface area contributed by atoms with E-state index in [0.29, 0.717) is 17.5 Å². The van der Waals surface area contributed by atoms with Gasteiger partial charge < -0.3 is 5.32 Å². The Bertz CT molecular complexity index is 880. The van der Waals surface area contributed by atoms with Crippen molar-refractivity contribution in [1.29, 1.82) is 0 Å². The van der Waals surface area contributed by atoms with Crippen LogP contribution < -0.4 is 5.32 Å². The van der Waals surface area contributed by atoms with Crippen LogP contribution in [0.15, 0.2) is 48.9 Å². The van der Waals surface area contributed by atoms with E-state index in [0.717, 1.165) is 23.5 Å². The predicted molar refractivity (Wildman–Crippen MR) is 86.3 cm³/mol. The van der Waals surface area contributed by atoms with Crippen molar-refractivity contribution in [1.82, 2.24) is 15.0 Å². The molecular weight excluding hydrogens is 353 g/mol. The number of thiazole rings is 1. The first-order valence-corrected chi connectivity index (χ1v) is 7.93. The van der Waals surface area contributed by atoms with Gasteiger partial charge in [0.15, 0.2) is 5.13 Å². The van der Waals surface area contributed by atoms with Crippen molar-refractivity contribution < 1.29 is 18.0 Å². The zero-order valence-electron chi connectivity index (χ0n) is 12.6. The Hall–Kier alpha value is -2.81. The van der Waals surface area contributed by atoms with Crippen molar-refractivity contribution in [2.45, 2.75) is 12.7 Å². The summed E-state index contributed by atoms with van der Waals surface area (Å²) >= 11 is 1.06. The van der Waals surface area contributed by atoms with Crippen LogP contribution in [0.4, 0.5) is 18.3 Å². The summed E-state index contributed by atoms with van der Waals surface area (Å²) in [5.41, 5.74) is -0.890. The van der Waals surface area contributed by atoms with Crippen LogP contribution >= 0.6 is 11.3 Å². The molecule has 5 nitrogen and oxygen atoms in total. The molecule has 2 heterocycles. The number of anilines is 1. The number of nitrogens with zero attached hydrogens (tertiary/aromatic N) is 3. The fourth-order valence-corrected chi connectivity index (χ4v) is 2.79. The zero-order valence-corrected chi connectivity index (χ0v) is 13.4. The van der Waals surface area contributed by atoms with Crippen LogP contribution in [0.3, 0.4) is 0 Å². The molecule has 0 amide bonds. The molecule has 0 saturated heterocycles. The summed E-state index contributed by atoms with van der Waals surface area (Å²) in [6.45, 7) is 0.325. The molecule has 0 aliphatic carbocycles. The fraction of sp³-hybridized carbons (Fsp3) is 0.125. The molecule has 2 aromatic heterocycles. The van der Waals surface area contributed by atoms with Gasteiger partial charge in [-0.25, -0.2) is 15.0 Å². The van der Waals surface area contributed by atoms with Crippen LogP contribution in [0.1, 0.15) is 26.6 Å². The summed E-state index contributed by atoms with van der Waals surface area (Å²) in [6.07, 6.45) is 0.0523. The number of carbonyl (C=O) groups excluding carboxylic acids is 1. The van der Waals surface area contributed by atoms with Gasteiger partial charge in [0.2, 0.25) is 5.78 Å². The number of halogens is 3. The third kappa shape index (κ3) is 4.18. The standard InChI is InChI=1S/C16H11F3N4OS/c17-16(18,19)11-4-1-3-10(7-11)14(24)12-8-22-15(25-12)23-9-13-20-5-2-6-21-13/h1-8H,9H2,(H,22,23). The molecule has 0 unspecified atom stereocenters. The van der Waals surface area contributed by atoms with Crippen LogP contribution in [-0.4, -0.2) is 20.7 Å². The van der Waals surface area contributed by atoms with Crippen molar-refractivity contribution in [3.05, 3.63) is 70.8 Å². The van der Waals surface area contributed by atoms with Gasteiger partial charge in [-0.05, 0) is 18.2 Å². The normalized spacial score (nSPS) is 11.3. The van der Waals surface area contributed by atoms with Gasteiger partial charge in [0.05, 0.1) is 23.2 Å². The summed E-state index contributed by atoms with van der Waals surface area (Å²) in [4.78, 5) is 24.8. The number of alkyl halides is 3. The average Bonchev–Trinajstić information content (AvgIpc) is 3.08. The Morgan fingerprint density at radius 3 is 2.60 bits per heavy atom. The summed E-state index contributed by atoms with van der Waals surface area (Å²) in [5, 5.41) is 3.43. The minimum absolute atomic E-state index is 0.0311. The van der Waals surface area contributed by atoms with E-state index >= 15 is 0 Å². The van der Waals surface area contributed by atoms with E-state index in [9.17, 15) is 18.0 Å². The third-order valence-corrected chi connectivity index (χ3v) is 4.15. The number of aromatic nitrogens is 3. The van der Waals surface area contributed by atoms with Gasteiger partial charge in [0.25, 0.3) is 0 Å². The molecule has 0 bridgehead atoms. The van der Waals surface area contributed by atoms with Crippen LogP contribution in [0.25, 0.3) is 0 Å². The molecule has 0 aliphatic heterocycles. The smallest absolute Gasteiger partial charge is 0.354 e. The van der Waals surface area contributed by atoms with Crippen LogP contribution in [0, 0.1) is 0 Å². The number of carbonyl (C=O) groups is 1. The predicted octanol–water partition coefficient (Wildman–Crippen LogP) is 3.80. The maximum atomic E-state index is 12.8. The molecule has 0 fully saturated rings. The second-order valence-corrected chi connectivity index (χ2v) is 5.99. The van der Waals surface area contributed by atoms with E-state index in [-0.39, 0.29) is 10.4 Å². The van der Waals surface area contributed by atoms with Gasteiger partial charge in [-0.3, -0.25) is 4.79 Å². The highest BCUT2D eigenvalue weighted by atomic mass is 32.1. The van der Waals surface area contributed by atoms with Crippen LogP contribution in [-0.2, 0) is 12.7 Å². The average molecular weight is 364 g/mol.